The number of esters is 1. The summed E-state index contributed by atoms with van der Waals surface area (Å²) in [5.74, 6) is -0.421. The van der Waals surface area contributed by atoms with Crippen LogP contribution in [0.4, 0.5) is 5.69 Å². The monoisotopic (exact) mass is 470 g/mol. The molecule has 1 aromatic heterocycles. The van der Waals surface area contributed by atoms with Gasteiger partial charge in [0, 0.05) is 40.9 Å². The first-order chi connectivity index (χ1) is 16.9. The first-order valence-corrected chi connectivity index (χ1v) is 12.1. The maximum Gasteiger partial charge on any atom is 0.315 e. The van der Waals surface area contributed by atoms with Crippen molar-refractivity contribution in [1.29, 1.82) is 0 Å². The number of nitrogens with zero attached hydrogens (tertiary/aromatic N) is 1. The Morgan fingerprint density at radius 2 is 1.91 bits per heavy atom. The standard InChI is InChI=1S/C29H30N2O4/c1-5-15-35-18-10-8-17(9-11-18)23-24-19-7-6-14-30-20(19)12-13-21(24)31-27-25(23)22(32)16-29(2,3)26(27)28(33)34-4/h6-14,23,26,31H,5,15-16H2,1-4H3. The first kappa shape index (κ1) is 23.1. The number of fused-ring (bicyclic) bond motifs is 3. The van der Waals surface area contributed by atoms with Gasteiger partial charge in [0.15, 0.2) is 5.78 Å². The van der Waals surface area contributed by atoms with Gasteiger partial charge in [0.05, 0.1) is 19.2 Å². The van der Waals surface area contributed by atoms with Crippen molar-refractivity contribution in [3.8, 4) is 5.75 Å². The van der Waals surface area contributed by atoms with E-state index in [1.807, 2.05) is 62.4 Å². The molecule has 5 rings (SSSR count). The van der Waals surface area contributed by atoms with Crippen LogP contribution in [0.3, 0.4) is 0 Å². The van der Waals surface area contributed by atoms with E-state index in [1.54, 1.807) is 6.20 Å². The Kier molecular flexibility index (Phi) is 5.83. The highest BCUT2D eigenvalue weighted by molar-refractivity contribution is 6.06. The van der Waals surface area contributed by atoms with Gasteiger partial charge in [0.1, 0.15) is 11.7 Å². The van der Waals surface area contributed by atoms with Gasteiger partial charge in [0.25, 0.3) is 0 Å². The largest absolute Gasteiger partial charge is 0.494 e. The maximum absolute atomic E-state index is 13.7. The Morgan fingerprint density at radius 1 is 1.14 bits per heavy atom. The molecule has 1 N–H and O–H groups in total. The summed E-state index contributed by atoms with van der Waals surface area (Å²) in [7, 11) is 1.40. The Bertz CT molecular complexity index is 1340. The summed E-state index contributed by atoms with van der Waals surface area (Å²) in [5, 5.41) is 4.47. The second-order valence-electron chi connectivity index (χ2n) is 9.94. The van der Waals surface area contributed by atoms with E-state index in [9.17, 15) is 9.59 Å². The average Bonchev–Trinajstić information content (AvgIpc) is 2.85. The number of allylic oxidation sites excluding steroid dienone is 1. The number of hydrogen-bond acceptors (Lipinski definition) is 6. The second-order valence-corrected chi connectivity index (χ2v) is 9.94. The van der Waals surface area contributed by atoms with Crippen molar-refractivity contribution < 1.29 is 19.1 Å². The lowest BCUT2D eigenvalue weighted by molar-refractivity contribution is -0.148. The fraction of sp³-hybridized carbons (Fsp3) is 0.345. The zero-order chi connectivity index (χ0) is 24.7. The predicted octanol–water partition coefficient (Wildman–Crippen LogP) is 5.62. The van der Waals surface area contributed by atoms with E-state index in [0.29, 0.717) is 17.9 Å². The van der Waals surface area contributed by atoms with E-state index >= 15 is 0 Å². The lowest BCUT2D eigenvalue weighted by atomic mass is 9.63. The van der Waals surface area contributed by atoms with Crippen LogP contribution >= 0.6 is 0 Å². The highest BCUT2D eigenvalue weighted by Gasteiger charge is 2.50. The Hall–Kier alpha value is -3.67. The van der Waals surface area contributed by atoms with E-state index in [1.165, 1.54) is 7.11 Å². The van der Waals surface area contributed by atoms with Gasteiger partial charge in [0.2, 0.25) is 0 Å². The first-order valence-electron chi connectivity index (χ1n) is 12.1. The topological polar surface area (TPSA) is 77.5 Å². The highest BCUT2D eigenvalue weighted by atomic mass is 16.5. The molecule has 2 aliphatic rings. The normalized spacial score (nSPS) is 20.6. The third-order valence-corrected chi connectivity index (χ3v) is 7.07. The predicted molar refractivity (Wildman–Crippen MR) is 135 cm³/mol. The van der Waals surface area contributed by atoms with Crippen molar-refractivity contribution >= 4 is 28.3 Å². The molecule has 2 aromatic carbocycles. The maximum atomic E-state index is 13.7. The number of nitrogens with one attached hydrogen (secondary N) is 1. The van der Waals surface area contributed by atoms with Crippen LogP contribution in [0.15, 0.2) is 66.0 Å². The molecular formula is C29H30N2O4. The van der Waals surface area contributed by atoms with E-state index < -0.39 is 11.3 Å². The number of carbonyl (C=O) groups is 2. The summed E-state index contributed by atoms with van der Waals surface area (Å²) in [6.45, 7) is 6.62. The van der Waals surface area contributed by atoms with E-state index in [2.05, 4.69) is 17.2 Å². The third-order valence-electron chi connectivity index (χ3n) is 7.07. The molecule has 1 aliphatic carbocycles. The fourth-order valence-corrected chi connectivity index (χ4v) is 5.51. The van der Waals surface area contributed by atoms with Gasteiger partial charge in [-0.05, 0) is 53.3 Å². The van der Waals surface area contributed by atoms with Crippen LogP contribution < -0.4 is 10.1 Å². The molecule has 180 valence electrons. The number of pyridine rings is 1. The van der Waals surface area contributed by atoms with Crippen LogP contribution in [0.25, 0.3) is 10.9 Å². The number of hydrogen-bond donors (Lipinski definition) is 1. The van der Waals surface area contributed by atoms with Crippen LogP contribution in [0.1, 0.15) is 50.7 Å². The minimum atomic E-state index is -0.576. The van der Waals surface area contributed by atoms with Crippen LogP contribution in [0.5, 0.6) is 5.75 Å². The molecule has 0 spiro atoms. The summed E-state index contributed by atoms with van der Waals surface area (Å²) in [4.78, 5) is 31.3. The zero-order valence-electron chi connectivity index (χ0n) is 20.6. The number of rotatable bonds is 5. The van der Waals surface area contributed by atoms with Crippen molar-refractivity contribution in [2.45, 2.75) is 39.5 Å². The van der Waals surface area contributed by atoms with Crippen LogP contribution in [-0.2, 0) is 14.3 Å². The van der Waals surface area contributed by atoms with Gasteiger partial charge < -0.3 is 14.8 Å². The van der Waals surface area contributed by atoms with Crippen LogP contribution in [0, 0.1) is 11.3 Å². The molecule has 6 nitrogen and oxygen atoms in total. The molecule has 2 unspecified atom stereocenters. The number of carbonyl (C=O) groups excluding carboxylic acids is 2. The number of ketones is 1. The highest BCUT2D eigenvalue weighted by Crippen LogP contribution is 2.53. The quantitative estimate of drug-likeness (QED) is 0.488. The molecule has 0 radical (unpaired) electrons. The molecule has 0 bridgehead atoms. The zero-order valence-corrected chi connectivity index (χ0v) is 20.6. The molecule has 6 heteroatoms. The fourth-order valence-electron chi connectivity index (χ4n) is 5.51. The number of Topliss-reactive ketones (excluding diaryl/α,β-unsaturated/α-hetero) is 1. The van der Waals surface area contributed by atoms with Crippen molar-refractivity contribution in [2.75, 3.05) is 19.0 Å². The second kappa shape index (κ2) is 8.84. The average molecular weight is 471 g/mol. The molecule has 2 heterocycles. The summed E-state index contributed by atoms with van der Waals surface area (Å²) in [5.41, 5.74) is 4.40. The van der Waals surface area contributed by atoms with Crippen LogP contribution in [-0.4, -0.2) is 30.5 Å². The van der Waals surface area contributed by atoms with Gasteiger partial charge in [-0.1, -0.05) is 39.0 Å². The Balaban J connectivity index is 1.76. The van der Waals surface area contributed by atoms with E-state index in [0.717, 1.165) is 39.9 Å². The van der Waals surface area contributed by atoms with Gasteiger partial charge in [-0.15, -0.1) is 0 Å². The molecular weight excluding hydrogens is 440 g/mol. The number of ether oxygens (including phenoxy) is 2. The van der Waals surface area contributed by atoms with Gasteiger partial charge >= 0.3 is 5.97 Å². The van der Waals surface area contributed by atoms with Crippen molar-refractivity contribution in [2.24, 2.45) is 11.3 Å². The molecule has 2 atom stereocenters. The molecule has 3 aromatic rings. The lowest BCUT2D eigenvalue weighted by Gasteiger charge is -2.44. The number of methoxy groups -OCH3 is 1. The molecule has 35 heavy (non-hydrogen) atoms. The minimum Gasteiger partial charge on any atom is -0.494 e. The summed E-state index contributed by atoms with van der Waals surface area (Å²) in [6.07, 6.45) is 2.96. The minimum absolute atomic E-state index is 0.0421. The van der Waals surface area contributed by atoms with Crippen molar-refractivity contribution in [3.63, 3.8) is 0 Å². The summed E-state index contributed by atoms with van der Waals surface area (Å²) in [6, 6.07) is 15.8. The molecule has 1 aliphatic heterocycles. The van der Waals surface area contributed by atoms with Crippen LogP contribution in [0.2, 0.25) is 0 Å². The lowest BCUT2D eigenvalue weighted by Crippen LogP contribution is -2.44. The third kappa shape index (κ3) is 3.87. The SMILES string of the molecule is CCCOc1ccc(C2C3=C(Nc4ccc5ncccc5c42)C(C(=O)OC)C(C)(C)CC3=O)cc1. The smallest absolute Gasteiger partial charge is 0.315 e. The number of aromatic nitrogens is 1. The van der Waals surface area contributed by atoms with Crippen molar-refractivity contribution in [3.05, 3.63) is 77.1 Å². The van der Waals surface area contributed by atoms with Gasteiger partial charge in [-0.2, -0.15) is 0 Å². The van der Waals surface area contributed by atoms with Gasteiger partial charge in [-0.3, -0.25) is 14.6 Å². The van der Waals surface area contributed by atoms with E-state index in [-0.39, 0.29) is 24.1 Å². The van der Waals surface area contributed by atoms with Gasteiger partial charge in [-0.25, -0.2) is 0 Å². The Labute approximate surface area is 205 Å². The number of benzene rings is 2. The molecule has 0 amide bonds. The summed E-state index contributed by atoms with van der Waals surface area (Å²) >= 11 is 0. The summed E-state index contributed by atoms with van der Waals surface area (Å²) < 4.78 is 11.0. The van der Waals surface area contributed by atoms with Crippen molar-refractivity contribution in [1.82, 2.24) is 4.98 Å². The number of anilines is 1. The Morgan fingerprint density at radius 3 is 2.63 bits per heavy atom. The molecule has 0 fully saturated rings. The molecule has 0 saturated heterocycles. The molecule has 0 saturated carbocycles. The van der Waals surface area contributed by atoms with E-state index in [4.69, 9.17) is 9.47 Å².